The lowest BCUT2D eigenvalue weighted by Gasteiger charge is -2.29. The van der Waals surface area contributed by atoms with E-state index in [1.165, 1.54) is 27.1 Å². The van der Waals surface area contributed by atoms with Crippen LogP contribution in [0, 0.1) is 17.6 Å². The summed E-state index contributed by atoms with van der Waals surface area (Å²) in [5.74, 6) is -2.61. The molecule has 0 bridgehead atoms. The number of fused-ring (bicyclic) bond motifs is 1. The average molecular weight is 550 g/mol. The van der Waals surface area contributed by atoms with E-state index >= 15 is 0 Å². The Morgan fingerprint density at radius 2 is 2.09 bits per heavy atom. The molecule has 1 unspecified atom stereocenters. The van der Waals surface area contributed by atoms with Crippen LogP contribution in [-0.2, 0) is 26.1 Å². The summed E-state index contributed by atoms with van der Waals surface area (Å²) in [4.78, 5) is 17.5. The number of hydrogen-bond acceptors (Lipinski definition) is 6. The predicted octanol–water partition coefficient (Wildman–Crippen LogP) is 4.26. The summed E-state index contributed by atoms with van der Waals surface area (Å²) in [5.41, 5.74) is 0.153. The Bertz CT molecular complexity index is 1380. The molecular formula is C21H22ClF2N3O4S3. The summed E-state index contributed by atoms with van der Waals surface area (Å²) in [6, 6.07) is 4.96. The lowest BCUT2D eigenvalue weighted by molar-refractivity contribution is -0.122. The molecule has 1 aliphatic heterocycles. The largest absolute Gasteiger partial charge is 0.380 e. The van der Waals surface area contributed by atoms with Gasteiger partial charge in [0.15, 0.2) is 10.6 Å². The molecule has 0 saturated carbocycles. The molecule has 4 rings (SSSR count). The van der Waals surface area contributed by atoms with Gasteiger partial charge in [0.2, 0.25) is 0 Å². The topological polar surface area (TPSA) is 81.0 Å². The molecule has 2 aromatic heterocycles. The minimum absolute atomic E-state index is 0.00693. The van der Waals surface area contributed by atoms with Gasteiger partial charge in [-0.25, -0.2) is 17.2 Å². The van der Waals surface area contributed by atoms with E-state index in [-0.39, 0.29) is 34.2 Å². The predicted molar refractivity (Wildman–Crippen MR) is 128 cm³/mol. The highest BCUT2D eigenvalue weighted by Gasteiger charge is 2.34. The van der Waals surface area contributed by atoms with Gasteiger partial charge in [0.25, 0.3) is 15.9 Å². The Balaban J connectivity index is 1.64. The van der Waals surface area contributed by atoms with E-state index in [1.807, 2.05) is 6.92 Å². The van der Waals surface area contributed by atoms with Crippen LogP contribution in [0.25, 0.3) is 10.2 Å². The number of thiophene rings is 1. The van der Waals surface area contributed by atoms with Gasteiger partial charge in [0.1, 0.15) is 10.0 Å². The zero-order chi connectivity index (χ0) is 24.5. The number of sulfonamides is 1. The molecule has 13 heteroatoms. The third-order valence-electron chi connectivity index (χ3n) is 5.44. The van der Waals surface area contributed by atoms with Crippen LogP contribution >= 0.6 is 34.3 Å². The van der Waals surface area contributed by atoms with E-state index < -0.39 is 33.5 Å². The lowest BCUT2D eigenvalue weighted by atomic mass is 9.99. The van der Waals surface area contributed by atoms with Gasteiger partial charge in [-0.2, -0.15) is 9.30 Å². The fourth-order valence-electron chi connectivity index (χ4n) is 3.83. The van der Waals surface area contributed by atoms with Gasteiger partial charge in [-0.3, -0.25) is 4.79 Å². The zero-order valence-corrected chi connectivity index (χ0v) is 21.4. The molecule has 7 nitrogen and oxygen atoms in total. The number of hydrogen-bond donors (Lipinski definition) is 0. The number of thiazole rings is 1. The minimum Gasteiger partial charge on any atom is -0.380 e. The van der Waals surface area contributed by atoms with Crippen molar-refractivity contribution >= 4 is 60.4 Å². The summed E-state index contributed by atoms with van der Waals surface area (Å²) < 4.78 is 63.2. The van der Waals surface area contributed by atoms with Crippen LogP contribution < -0.4 is 4.80 Å². The van der Waals surface area contributed by atoms with E-state index in [2.05, 4.69) is 4.99 Å². The number of rotatable bonds is 7. The maximum absolute atomic E-state index is 14.6. The van der Waals surface area contributed by atoms with Crippen molar-refractivity contribution in [1.82, 2.24) is 8.87 Å². The molecule has 1 saturated heterocycles. The second-order valence-electron chi connectivity index (χ2n) is 7.68. The summed E-state index contributed by atoms with van der Waals surface area (Å²) in [6.07, 6.45) is 0.979. The molecule has 1 atom stereocenters. The first kappa shape index (κ1) is 25.4. The molecule has 0 spiro atoms. The fourth-order valence-corrected chi connectivity index (χ4v) is 8.10. The van der Waals surface area contributed by atoms with Crippen LogP contribution in [0.2, 0.25) is 4.34 Å². The number of nitrogens with zero attached hydrogens (tertiary/aromatic N) is 3. The van der Waals surface area contributed by atoms with Crippen molar-refractivity contribution in [3.05, 3.63) is 45.0 Å². The molecule has 1 amide bonds. The van der Waals surface area contributed by atoms with Crippen molar-refractivity contribution in [1.29, 1.82) is 0 Å². The summed E-state index contributed by atoms with van der Waals surface area (Å²) >= 11 is 7.86. The van der Waals surface area contributed by atoms with Crippen molar-refractivity contribution in [2.24, 2.45) is 10.9 Å². The molecule has 1 aliphatic rings. The lowest BCUT2D eigenvalue weighted by Crippen LogP contribution is -2.42. The van der Waals surface area contributed by atoms with Gasteiger partial charge in [-0.15, -0.1) is 11.3 Å². The minimum atomic E-state index is -3.77. The third-order valence-corrected chi connectivity index (χ3v) is 10.0. The number of amides is 1. The Kier molecular flexibility index (Phi) is 7.85. The van der Waals surface area contributed by atoms with Gasteiger partial charge in [-0.1, -0.05) is 22.9 Å². The Morgan fingerprint density at radius 3 is 2.79 bits per heavy atom. The highest BCUT2D eigenvalue weighted by Crippen LogP contribution is 2.31. The third kappa shape index (κ3) is 5.26. The second kappa shape index (κ2) is 10.5. The first-order valence-electron chi connectivity index (χ1n) is 10.6. The van der Waals surface area contributed by atoms with Crippen molar-refractivity contribution in [2.45, 2.75) is 30.5 Å². The van der Waals surface area contributed by atoms with E-state index in [9.17, 15) is 22.0 Å². The Labute approximate surface area is 208 Å². The first-order valence-corrected chi connectivity index (χ1v) is 14.1. The molecule has 3 heterocycles. The maximum atomic E-state index is 14.6. The van der Waals surface area contributed by atoms with Crippen LogP contribution in [0.4, 0.5) is 8.78 Å². The van der Waals surface area contributed by atoms with Crippen molar-refractivity contribution < 1.29 is 26.7 Å². The van der Waals surface area contributed by atoms with Gasteiger partial charge in [0.05, 0.1) is 27.1 Å². The number of piperidine rings is 1. The van der Waals surface area contributed by atoms with Crippen molar-refractivity contribution in [3.63, 3.8) is 0 Å². The van der Waals surface area contributed by atoms with Gasteiger partial charge < -0.3 is 9.30 Å². The monoisotopic (exact) mass is 549 g/mol. The number of benzene rings is 1. The summed E-state index contributed by atoms with van der Waals surface area (Å²) in [6.45, 7) is 3.07. The number of carbonyl (C=O) groups excluding carboxylic acids is 1. The summed E-state index contributed by atoms with van der Waals surface area (Å²) in [5, 5.41) is 0. The number of carbonyl (C=O) groups is 1. The first-order chi connectivity index (χ1) is 16.2. The van der Waals surface area contributed by atoms with E-state index in [0.717, 1.165) is 28.7 Å². The maximum Gasteiger partial charge on any atom is 0.252 e. The molecule has 3 aromatic rings. The zero-order valence-electron chi connectivity index (χ0n) is 18.2. The van der Waals surface area contributed by atoms with Crippen molar-refractivity contribution in [3.8, 4) is 0 Å². The molecular weight excluding hydrogens is 528 g/mol. The molecule has 1 fully saturated rings. The fraction of sp³-hybridized carbons (Fsp3) is 0.429. The van der Waals surface area contributed by atoms with Crippen LogP contribution in [0.3, 0.4) is 0 Å². The number of ether oxygens (including phenoxy) is 1. The van der Waals surface area contributed by atoms with E-state index in [0.29, 0.717) is 35.0 Å². The van der Waals surface area contributed by atoms with Crippen LogP contribution in [0.15, 0.2) is 33.5 Å². The van der Waals surface area contributed by atoms with Gasteiger partial charge >= 0.3 is 0 Å². The van der Waals surface area contributed by atoms with Gasteiger partial charge in [0, 0.05) is 32.3 Å². The normalized spacial score (nSPS) is 18.1. The quantitative estimate of drug-likeness (QED) is 0.412. The number of aromatic nitrogens is 1. The summed E-state index contributed by atoms with van der Waals surface area (Å²) in [7, 11) is -3.77. The molecule has 184 valence electrons. The number of halogens is 3. The van der Waals surface area contributed by atoms with Crippen LogP contribution in [0.5, 0.6) is 0 Å². The Morgan fingerprint density at radius 1 is 1.29 bits per heavy atom. The molecule has 34 heavy (non-hydrogen) atoms. The molecule has 1 aromatic carbocycles. The molecule has 0 N–H and O–H groups in total. The second-order valence-corrected chi connectivity index (χ2v) is 12.6. The SMILES string of the molecule is CCOCCn1c(=NC(=O)C2CCCN(S(=O)(=O)c3ccc(Cl)s3)C2)sc2cc(F)cc(F)c21. The average Bonchev–Trinajstić information content (AvgIpc) is 3.38. The highest BCUT2D eigenvalue weighted by molar-refractivity contribution is 7.91. The molecule has 0 radical (unpaired) electrons. The van der Waals surface area contributed by atoms with Crippen LogP contribution in [-0.4, -0.2) is 49.5 Å². The van der Waals surface area contributed by atoms with E-state index in [1.54, 1.807) is 0 Å². The molecule has 0 aliphatic carbocycles. The van der Waals surface area contributed by atoms with Crippen molar-refractivity contribution in [2.75, 3.05) is 26.3 Å². The highest BCUT2D eigenvalue weighted by atomic mass is 35.5. The van der Waals surface area contributed by atoms with E-state index in [4.69, 9.17) is 16.3 Å². The Hall–Kier alpha value is -1.70. The smallest absolute Gasteiger partial charge is 0.252 e. The standard InChI is InChI=1S/C21H22ClF2N3O4S3/c1-2-31-9-8-27-19-15(24)10-14(23)11-16(19)32-21(27)25-20(28)13-4-3-7-26(12-13)34(29,30)18-6-5-17(22)33-18/h5-6,10-11,13H,2-4,7-9,12H2,1H3. The van der Waals surface area contributed by atoms with Gasteiger partial charge in [-0.05, 0) is 38.0 Å². The van der Waals surface area contributed by atoms with Crippen LogP contribution in [0.1, 0.15) is 19.8 Å².